The largest absolute Gasteiger partial charge is 0.479 e. The van der Waals surface area contributed by atoms with Gasteiger partial charge in [0.05, 0.1) is 10.7 Å². The van der Waals surface area contributed by atoms with Crippen LogP contribution in [0.25, 0.3) is 0 Å². The Hall–Kier alpha value is -2.41. The number of hydrogen-bond donors (Lipinski definition) is 0. The average Bonchev–Trinajstić information content (AvgIpc) is 2.91. The zero-order valence-corrected chi connectivity index (χ0v) is 13.6. The van der Waals surface area contributed by atoms with Gasteiger partial charge < -0.3 is 14.4 Å². The third-order valence-corrected chi connectivity index (χ3v) is 3.99. The molecule has 1 aliphatic heterocycles. The van der Waals surface area contributed by atoms with E-state index in [1.807, 2.05) is 0 Å². The van der Waals surface area contributed by atoms with Crippen molar-refractivity contribution in [3.05, 3.63) is 53.3 Å². The fraction of sp³-hybridized carbons (Fsp3) is 0.235. The molecule has 1 fully saturated rings. The van der Waals surface area contributed by atoms with Gasteiger partial charge in [0, 0.05) is 13.0 Å². The summed E-state index contributed by atoms with van der Waals surface area (Å²) in [6.45, 7) is -2.73. The predicted molar refractivity (Wildman–Crippen MR) is 85.9 cm³/mol. The molecule has 1 unspecified atom stereocenters. The number of carbonyl (C=O) groups is 1. The van der Waals surface area contributed by atoms with E-state index in [0.717, 1.165) is 6.07 Å². The van der Waals surface area contributed by atoms with Crippen LogP contribution >= 0.6 is 11.6 Å². The number of nitrogens with zero attached hydrogens (tertiary/aromatic N) is 1. The quantitative estimate of drug-likeness (QED) is 0.788. The van der Waals surface area contributed by atoms with Gasteiger partial charge in [-0.3, -0.25) is 4.79 Å². The van der Waals surface area contributed by atoms with Gasteiger partial charge in [-0.25, -0.2) is 4.39 Å². The Balaban J connectivity index is 1.78. The Bertz CT molecular complexity index is 787. The van der Waals surface area contributed by atoms with Gasteiger partial charge in [-0.05, 0) is 30.3 Å². The normalized spacial score (nSPS) is 17.2. The van der Waals surface area contributed by atoms with E-state index in [-0.39, 0.29) is 28.8 Å². The van der Waals surface area contributed by atoms with Crippen molar-refractivity contribution in [2.24, 2.45) is 0 Å². The van der Waals surface area contributed by atoms with Crippen LogP contribution in [0.3, 0.4) is 0 Å². The Labute approximate surface area is 146 Å². The first-order valence-electron chi connectivity index (χ1n) is 7.42. The maximum absolute atomic E-state index is 13.1. The molecular weight excluding hydrogens is 359 g/mol. The van der Waals surface area contributed by atoms with Crippen molar-refractivity contribution in [1.29, 1.82) is 0 Å². The molecule has 1 atom stereocenters. The summed E-state index contributed by atoms with van der Waals surface area (Å²) in [5.41, 5.74) is 0.240. The minimum atomic E-state index is -3.00. The van der Waals surface area contributed by atoms with Gasteiger partial charge in [0.2, 0.25) is 0 Å². The van der Waals surface area contributed by atoms with Crippen molar-refractivity contribution in [2.45, 2.75) is 19.1 Å². The third-order valence-electron chi connectivity index (χ3n) is 3.69. The van der Waals surface area contributed by atoms with E-state index >= 15 is 0 Å². The molecule has 0 spiro atoms. The summed E-state index contributed by atoms with van der Waals surface area (Å²) in [7, 11) is 0. The second-order valence-corrected chi connectivity index (χ2v) is 5.71. The lowest BCUT2D eigenvalue weighted by atomic mass is 10.2. The lowest BCUT2D eigenvalue weighted by Crippen LogP contribution is -2.32. The van der Waals surface area contributed by atoms with E-state index in [1.54, 1.807) is 6.07 Å². The van der Waals surface area contributed by atoms with Crippen LogP contribution in [-0.4, -0.2) is 25.2 Å². The van der Waals surface area contributed by atoms with Gasteiger partial charge in [0.25, 0.3) is 5.91 Å². The van der Waals surface area contributed by atoms with Crippen molar-refractivity contribution >= 4 is 23.2 Å². The van der Waals surface area contributed by atoms with Crippen LogP contribution < -0.4 is 14.4 Å². The second-order valence-electron chi connectivity index (χ2n) is 5.31. The van der Waals surface area contributed by atoms with E-state index in [1.165, 1.54) is 35.2 Å². The summed E-state index contributed by atoms with van der Waals surface area (Å²) in [6, 6.07) is 9.62. The number of alkyl halides is 2. The first-order valence-corrected chi connectivity index (χ1v) is 7.80. The Morgan fingerprint density at radius 3 is 2.64 bits per heavy atom. The van der Waals surface area contributed by atoms with Crippen molar-refractivity contribution in [1.82, 2.24) is 0 Å². The highest BCUT2D eigenvalue weighted by molar-refractivity contribution is 6.32. The number of hydrogen-bond acceptors (Lipinski definition) is 3. The lowest BCUT2D eigenvalue weighted by molar-refractivity contribution is -0.123. The van der Waals surface area contributed by atoms with Gasteiger partial charge >= 0.3 is 6.61 Å². The molecule has 0 bridgehead atoms. The molecule has 1 saturated heterocycles. The monoisotopic (exact) mass is 371 g/mol. The number of halogens is 4. The number of para-hydroxylation sites is 2. The van der Waals surface area contributed by atoms with Crippen LogP contribution in [0.15, 0.2) is 42.5 Å². The maximum atomic E-state index is 13.1. The molecule has 0 aliphatic carbocycles. The highest BCUT2D eigenvalue weighted by atomic mass is 35.5. The summed E-state index contributed by atoms with van der Waals surface area (Å²) in [5, 5.41) is 0.0488. The summed E-state index contributed by atoms with van der Waals surface area (Å²) in [6.07, 6.45) is -0.516. The van der Waals surface area contributed by atoms with Crippen LogP contribution in [0.5, 0.6) is 11.5 Å². The Morgan fingerprint density at radius 2 is 1.92 bits per heavy atom. The number of benzene rings is 2. The predicted octanol–water partition coefficient (Wildman–Crippen LogP) is 4.26. The molecule has 2 aromatic carbocycles. The summed E-state index contributed by atoms with van der Waals surface area (Å²) < 4.78 is 48.2. The smallest absolute Gasteiger partial charge is 0.387 e. The first kappa shape index (κ1) is 17.4. The van der Waals surface area contributed by atoms with E-state index in [2.05, 4.69) is 4.74 Å². The topological polar surface area (TPSA) is 38.8 Å². The first-order chi connectivity index (χ1) is 12.0. The van der Waals surface area contributed by atoms with Crippen LogP contribution in [0.4, 0.5) is 18.9 Å². The summed E-state index contributed by atoms with van der Waals surface area (Å²) >= 11 is 5.90. The summed E-state index contributed by atoms with van der Waals surface area (Å²) in [5.74, 6) is -0.841. The molecule has 1 aliphatic rings. The molecule has 0 aromatic heterocycles. The highest BCUT2D eigenvalue weighted by Crippen LogP contribution is 2.34. The second kappa shape index (κ2) is 7.23. The standard InChI is InChI=1S/C17H13ClF3NO3/c18-11-9-10(19)5-6-13(11)24-15-7-8-22(16(15)23)12-3-1-2-4-14(12)25-17(20)21/h1-6,9,15,17H,7-8H2. The van der Waals surface area contributed by atoms with Gasteiger partial charge in [-0.2, -0.15) is 8.78 Å². The van der Waals surface area contributed by atoms with E-state index < -0.39 is 24.4 Å². The van der Waals surface area contributed by atoms with Crippen LogP contribution in [-0.2, 0) is 4.79 Å². The molecule has 1 amide bonds. The molecule has 25 heavy (non-hydrogen) atoms. The van der Waals surface area contributed by atoms with Crippen LogP contribution in [0.2, 0.25) is 5.02 Å². The number of rotatable bonds is 5. The lowest BCUT2D eigenvalue weighted by Gasteiger charge is -2.20. The molecule has 8 heteroatoms. The molecular formula is C17H13ClF3NO3. The molecule has 0 saturated carbocycles. The maximum Gasteiger partial charge on any atom is 0.387 e. The van der Waals surface area contributed by atoms with Crippen LogP contribution in [0, 0.1) is 5.82 Å². The fourth-order valence-electron chi connectivity index (χ4n) is 2.60. The zero-order chi connectivity index (χ0) is 18.0. The van der Waals surface area contributed by atoms with E-state index in [4.69, 9.17) is 16.3 Å². The zero-order valence-electron chi connectivity index (χ0n) is 12.8. The van der Waals surface area contributed by atoms with E-state index in [9.17, 15) is 18.0 Å². The fourth-order valence-corrected chi connectivity index (χ4v) is 2.81. The Kier molecular flexibility index (Phi) is 5.03. The van der Waals surface area contributed by atoms with Gasteiger partial charge in [0.15, 0.2) is 6.10 Å². The molecule has 2 aromatic rings. The van der Waals surface area contributed by atoms with Crippen molar-refractivity contribution in [3.8, 4) is 11.5 Å². The molecule has 1 heterocycles. The van der Waals surface area contributed by atoms with Crippen LogP contribution in [0.1, 0.15) is 6.42 Å². The molecule has 4 nitrogen and oxygen atoms in total. The number of carbonyl (C=O) groups excluding carboxylic acids is 1. The van der Waals surface area contributed by atoms with Crippen molar-refractivity contribution < 1.29 is 27.4 Å². The number of amides is 1. The Morgan fingerprint density at radius 1 is 1.16 bits per heavy atom. The minimum absolute atomic E-state index is 0.0488. The molecule has 0 radical (unpaired) electrons. The number of anilines is 1. The van der Waals surface area contributed by atoms with Gasteiger partial charge in [0.1, 0.15) is 17.3 Å². The number of ether oxygens (including phenoxy) is 2. The SMILES string of the molecule is O=C1C(Oc2ccc(F)cc2Cl)CCN1c1ccccc1OC(F)F. The molecule has 132 valence electrons. The minimum Gasteiger partial charge on any atom is -0.479 e. The van der Waals surface area contributed by atoms with E-state index in [0.29, 0.717) is 6.42 Å². The third kappa shape index (κ3) is 3.82. The molecule has 3 rings (SSSR count). The highest BCUT2D eigenvalue weighted by Gasteiger charge is 2.36. The summed E-state index contributed by atoms with van der Waals surface area (Å²) in [4.78, 5) is 13.9. The van der Waals surface area contributed by atoms with Gasteiger partial charge in [-0.1, -0.05) is 23.7 Å². The molecule has 0 N–H and O–H groups in total. The van der Waals surface area contributed by atoms with Gasteiger partial charge in [-0.15, -0.1) is 0 Å². The average molecular weight is 372 g/mol. The van der Waals surface area contributed by atoms with Crippen molar-refractivity contribution in [3.63, 3.8) is 0 Å². The van der Waals surface area contributed by atoms with Crippen molar-refractivity contribution in [2.75, 3.05) is 11.4 Å².